The van der Waals surface area contributed by atoms with E-state index in [1.54, 1.807) is 6.92 Å². The van der Waals surface area contributed by atoms with Crippen molar-refractivity contribution in [3.63, 3.8) is 0 Å². The van der Waals surface area contributed by atoms with E-state index >= 15 is 0 Å². The maximum atomic E-state index is 12.1. The third-order valence-electron chi connectivity index (χ3n) is 10.0. The molecule has 0 aliphatic carbocycles. The molecule has 1 aliphatic rings. The summed E-state index contributed by atoms with van der Waals surface area (Å²) in [6, 6.07) is 21.7. The molecule has 2 aromatic carbocycles. The van der Waals surface area contributed by atoms with Gasteiger partial charge in [-0.1, -0.05) is 116 Å². The molecular weight excluding hydrogens is 577 g/mol. The van der Waals surface area contributed by atoms with Gasteiger partial charge in [0.2, 0.25) is 0 Å². The zero-order valence-corrected chi connectivity index (χ0v) is 31.4. The zero-order valence-electron chi connectivity index (χ0n) is 29.4. The van der Waals surface area contributed by atoms with E-state index in [4.69, 9.17) is 13.6 Å². The summed E-state index contributed by atoms with van der Waals surface area (Å²) in [6.07, 6.45) is 5.63. The first kappa shape index (κ1) is 36.6. The van der Waals surface area contributed by atoms with Crippen LogP contribution in [0.3, 0.4) is 0 Å². The highest BCUT2D eigenvalue weighted by molar-refractivity contribution is 6.99. The molecule has 4 atom stereocenters. The quantitative estimate of drug-likeness (QED) is 0.111. The Labute approximate surface area is 271 Å². The standard InChI is InChI=1S/C38H60O4Si2/c1-29(31(3)39)27-33(42-43(10,11)37(4,5)6)24-25-36-30(2)28-32(41-36)19-18-26-40-44(38(7,8)9,34-20-14-12-15-21-34)35-22-16-13-17-23-35/h12-17,20-23,29,32-33,36H,2,18-19,24-28H2,1,3-11H3/t29-,32+,33-,36?/m1/s1. The van der Waals surface area contributed by atoms with Crippen LogP contribution in [0.2, 0.25) is 23.2 Å². The maximum absolute atomic E-state index is 12.1. The Hall–Kier alpha value is -1.84. The van der Waals surface area contributed by atoms with Crippen molar-refractivity contribution in [3.05, 3.63) is 72.8 Å². The van der Waals surface area contributed by atoms with Gasteiger partial charge in [0.15, 0.2) is 8.32 Å². The fourth-order valence-electron chi connectivity index (χ4n) is 6.26. The highest BCUT2D eigenvalue weighted by atomic mass is 28.4. The van der Waals surface area contributed by atoms with Crippen LogP contribution >= 0.6 is 0 Å². The largest absolute Gasteiger partial charge is 0.414 e. The number of Topliss-reactive ketones (excluding diaryl/α,β-unsaturated/α-hetero) is 1. The van der Waals surface area contributed by atoms with Crippen molar-refractivity contribution in [2.24, 2.45) is 5.92 Å². The third-order valence-corrected chi connectivity index (χ3v) is 19.6. The van der Waals surface area contributed by atoms with Crippen LogP contribution in [0.5, 0.6) is 0 Å². The predicted molar refractivity (Wildman–Crippen MR) is 191 cm³/mol. The second-order valence-corrected chi connectivity index (χ2v) is 24.7. The van der Waals surface area contributed by atoms with Gasteiger partial charge in [-0.25, -0.2) is 0 Å². The van der Waals surface area contributed by atoms with Crippen molar-refractivity contribution in [1.29, 1.82) is 0 Å². The normalized spacial score (nSPS) is 19.6. The van der Waals surface area contributed by atoms with Crippen molar-refractivity contribution in [3.8, 4) is 0 Å². The van der Waals surface area contributed by atoms with Gasteiger partial charge in [0.25, 0.3) is 8.32 Å². The molecule has 6 heteroatoms. The summed E-state index contributed by atoms with van der Waals surface area (Å²) in [5.74, 6) is 0.233. The number of rotatable bonds is 15. The number of benzene rings is 2. The summed E-state index contributed by atoms with van der Waals surface area (Å²) in [5.41, 5.74) is 1.19. The van der Waals surface area contributed by atoms with Crippen LogP contribution in [0.25, 0.3) is 0 Å². The molecule has 0 spiro atoms. The summed E-state index contributed by atoms with van der Waals surface area (Å²) >= 11 is 0. The number of hydrogen-bond acceptors (Lipinski definition) is 4. The van der Waals surface area contributed by atoms with Crippen LogP contribution in [0.1, 0.15) is 93.9 Å². The van der Waals surface area contributed by atoms with Crippen LogP contribution < -0.4 is 10.4 Å². The second-order valence-electron chi connectivity index (χ2n) is 15.6. The Balaban J connectivity index is 1.62. The highest BCUT2D eigenvalue weighted by Gasteiger charge is 2.50. The van der Waals surface area contributed by atoms with Crippen LogP contribution in [0, 0.1) is 5.92 Å². The van der Waals surface area contributed by atoms with Crippen molar-refractivity contribution in [2.75, 3.05) is 6.61 Å². The van der Waals surface area contributed by atoms with Crippen LogP contribution in [-0.4, -0.2) is 47.3 Å². The minimum atomic E-state index is -2.53. The van der Waals surface area contributed by atoms with Gasteiger partial charge < -0.3 is 13.6 Å². The number of ketones is 1. The van der Waals surface area contributed by atoms with Gasteiger partial charge in [0, 0.05) is 18.6 Å². The van der Waals surface area contributed by atoms with Crippen LogP contribution in [-0.2, 0) is 18.4 Å². The smallest absolute Gasteiger partial charge is 0.261 e. The van der Waals surface area contributed by atoms with Gasteiger partial charge >= 0.3 is 0 Å². The molecule has 0 bridgehead atoms. The number of carbonyl (C=O) groups excluding carboxylic acids is 1. The summed E-state index contributed by atoms with van der Waals surface area (Å²) < 4.78 is 20.5. The molecule has 1 unspecified atom stereocenters. The van der Waals surface area contributed by atoms with Gasteiger partial charge in [0.1, 0.15) is 5.78 Å². The molecule has 0 amide bonds. The highest BCUT2D eigenvalue weighted by Crippen LogP contribution is 2.40. The fourth-order valence-corrected chi connectivity index (χ4v) is 12.3. The average Bonchev–Trinajstić information content (AvgIpc) is 3.30. The number of carbonyl (C=O) groups is 1. The van der Waals surface area contributed by atoms with Crippen molar-refractivity contribution in [1.82, 2.24) is 0 Å². The zero-order chi connectivity index (χ0) is 32.8. The second kappa shape index (κ2) is 15.2. The van der Waals surface area contributed by atoms with Gasteiger partial charge in [0.05, 0.1) is 12.2 Å². The van der Waals surface area contributed by atoms with E-state index in [9.17, 15) is 4.79 Å². The van der Waals surface area contributed by atoms with Crippen LogP contribution in [0.15, 0.2) is 72.8 Å². The maximum Gasteiger partial charge on any atom is 0.261 e. The molecule has 1 saturated heterocycles. The molecule has 44 heavy (non-hydrogen) atoms. The van der Waals surface area contributed by atoms with Crippen molar-refractivity contribution < 1.29 is 18.4 Å². The first-order chi connectivity index (χ1) is 20.5. The topological polar surface area (TPSA) is 44.8 Å². The minimum absolute atomic E-state index is 0.000699. The molecule has 2 aromatic rings. The van der Waals surface area contributed by atoms with E-state index in [-0.39, 0.29) is 40.1 Å². The molecule has 0 radical (unpaired) electrons. The van der Waals surface area contributed by atoms with Gasteiger partial charge in [-0.15, -0.1) is 0 Å². The predicted octanol–water partition coefficient (Wildman–Crippen LogP) is 8.84. The lowest BCUT2D eigenvalue weighted by Gasteiger charge is -2.43. The molecular formula is C38H60O4Si2. The Morgan fingerprint density at radius 1 is 0.932 bits per heavy atom. The van der Waals surface area contributed by atoms with Crippen molar-refractivity contribution in [2.45, 2.75) is 135 Å². The molecule has 1 fully saturated rings. The Morgan fingerprint density at radius 2 is 1.48 bits per heavy atom. The average molecular weight is 637 g/mol. The molecule has 0 aromatic heterocycles. The Bertz CT molecular complexity index is 1160. The SMILES string of the molecule is C=C1C[C@H](CCCO[Si](c2ccccc2)(c2ccccc2)C(C)(C)C)OC1CC[C@H](C[C@@H](C)C(C)=O)O[Si](C)(C)C(C)(C)C. The van der Waals surface area contributed by atoms with E-state index in [0.717, 1.165) is 38.5 Å². The first-order valence-corrected chi connectivity index (χ1v) is 21.6. The summed E-state index contributed by atoms with van der Waals surface area (Å²) in [6.45, 7) is 27.2. The van der Waals surface area contributed by atoms with Gasteiger partial charge in [-0.2, -0.15) is 0 Å². The summed E-state index contributed by atoms with van der Waals surface area (Å²) in [4.78, 5) is 12.1. The van der Waals surface area contributed by atoms with Crippen LogP contribution in [0.4, 0.5) is 0 Å². The minimum Gasteiger partial charge on any atom is -0.414 e. The Kier molecular flexibility index (Phi) is 12.6. The van der Waals surface area contributed by atoms with E-state index in [0.29, 0.717) is 6.61 Å². The molecule has 3 rings (SSSR count). The van der Waals surface area contributed by atoms with Gasteiger partial charge in [-0.05, 0) is 84.6 Å². The number of ether oxygens (including phenoxy) is 1. The number of hydrogen-bond donors (Lipinski definition) is 0. The third kappa shape index (κ3) is 9.13. The molecule has 1 heterocycles. The van der Waals surface area contributed by atoms with Crippen molar-refractivity contribution >= 4 is 32.8 Å². The molecule has 1 aliphatic heterocycles. The van der Waals surface area contributed by atoms with Gasteiger partial charge in [-0.3, -0.25) is 4.79 Å². The lowest BCUT2D eigenvalue weighted by molar-refractivity contribution is -0.121. The summed E-state index contributed by atoms with van der Waals surface area (Å²) in [5, 5.41) is 2.73. The first-order valence-electron chi connectivity index (χ1n) is 16.7. The molecule has 244 valence electrons. The molecule has 0 saturated carbocycles. The van der Waals surface area contributed by atoms with E-state index in [2.05, 4.69) is 122 Å². The Morgan fingerprint density at radius 3 is 1.95 bits per heavy atom. The van der Waals surface area contributed by atoms with E-state index < -0.39 is 16.6 Å². The lowest BCUT2D eigenvalue weighted by atomic mass is 9.95. The van der Waals surface area contributed by atoms with E-state index in [1.165, 1.54) is 15.9 Å². The fraction of sp³-hybridized carbons (Fsp3) is 0.605. The summed E-state index contributed by atoms with van der Waals surface area (Å²) in [7, 11) is -4.49. The lowest BCUT2D eigenvalue weighted by Crippen LogP contribution is -2.66. The monoisotopic (exact) mass is 636 g/mol. The molecule has 0 N–H and O–H groups in total. The molecule has 4 nitrogen and oxygen atoms in total. The van der Waals surface area contributed by atoms with E-state index in [1.807, 2.05) is 6.92 Å².